The van der Waals surface area contributed by atoms with Crippen molar-refractivity contribution in [1.82, 2.24) is 4.57 Å². The number of hydrogen-bond acceptors (Lipinski definition) is 2. The zero-order valence-corrected chi connectivity index (χ0v) is 10.8. The molecule has 4 nitrogen and oxygen atoms in total. The van der Waals surface area contributed by atoms with Crippen LogP contribution in [0.15, 0.2) is 59.4 Å². The van der Waals surface area contributed by atoms with Crippen molar-refractivity contribution in [3.63, 3.8) is 0 Å². The van der Waals surface area contributed by atoms with Crippen LogP contribution in [0.5, 0.6) is 0 Å². The zero-order valence-electron chi connectivity index (χ0n) is 10.8. The first-order chi connectivity index (χ1) is 10.1. The second kappa shape index (κ2) is 4.86. The van der Waals surface area contributed by atoms with Gasteiger partial charge in [-0.05, 0) is 41.8 Å². The lowest BCUT2D eigenvalue weighted by Crippen LogP contribution is -2.24. The van der Waals surface area contributed by atoms with Crippen molar-refractivity contribution in [3.05, 3.63) is 76.5 Å². The van der Waals surface area contributed by atoms with Gasteiger partial charge in [-0.25, -0.2) is 9.18 Å². The molecule has 104 valence electrons. The summed E-state index contributed by atoms with van der Waals surface area (Å²) < 4.78 is 14.1. The topological polar surface area (TPSA) is 59.3 Å². The van der Waals surface area contributed by atoms with Crippen molar-refractivity contribution < 1.29 is 14.3 Å². The molecular weight excluding hydrogens is 273 g/mol. The van der Waals surface area contributed by atoms with Gasteiger partial charge < -0.3 is 5.11 Å². The van der Waals surface area contributed by atoms with Gasteiger partial charge in [0.1, 0.15) is 11.5 Å². The van der Waals surface area contributed by atoms with Crippen LogP contribution in [0, 0.1) is 5.82 Å². The molecule has 0 aliphatic carbocycles. The number of carboxylic acids is 1. The Morgan fingerprint density at radius 1 is 1.05 bits per heavy atom. The molecule has 0 atom stereocenters. The van der Waals surface area contributed by atoms with E-state index in [2.05, 4.69) is 0 Å². The molecular formula is C16H10FNO3. The molecule has 0 amide bonds. The lowest BCUT2D eigenvalue weighted by Gasteiger charge is -2.11. The summed E-state index contributed by atoms with van der Waals surface area (Å²) in [5, 5.41) is 10.3. The van der Waals surface area contributed by atoms with E-state index < -0.39 is 17.3 Å². The third-order valence-electron chi connectivity index (χ3n) is 3.23. The quantitative estimate of drug-likeness (QED) is 0.786. The maximum absolute atomic E-state index is 13.0. The Hall–Kier alpha value is -2.95. The van der Waals surface area contributed by atoms with Crippen LogP contribution in [0.2, 0.25) is 0 Å². The fourth-order valence-electron chi connectivity index (χ4n) is 2.26. The highest BCUT2D eigenvalue weighted by atomic mass is 19.1. The van der Waals surface area contributed by atoms with Gasteiger partial charge in [0.15, 0.2) is 0 Å². The van der Waals surface area contributed by atoms with Gasteiger partial charge >= 0.3 is 5.97 Å². The predicted molar refractivity (Wildman–Crippen MR) is 76.5 cm³/mol. The van der Waals surface area contributed by atoms with Crippen LogP contribution in [0.3, 0.4) is 0 Å². The number of nitrogens with zero attached hydrogens (tertiary/aromatic N) is 1. The third-order valence-corrected chi connectivity index (χ3v) is 3.23. The van der Waals surface area contributed by atoms with Crippen molar-refractivity contribution in [3.8, 4) is 5.69 Å². The number of halogens is 1. The molecule has 0 saturated carbocycles. The first-order valence-electron chi connectivity index (χ1n) is 6.22. The predicted octanol–water partition coefficient (Wildman–Crippen LogP) is 2.83. The summed E-state index contributed by atoms with van der Waals surface area (Å²) in [6, 6.07) is 13.3. The first-order valence-corrected chi connectivity index (χ1v) is 6.22. The molecule has 0 aliphatic heterocycles. The average Bonchev–Trinajstić information content (AvgIpc) is 2.48. The van der Waals surface area contributed by atoms with Gasteiger partial charge in [0.05, 0.1) is 0 Å². The summed E-state index contributed by atoms with van der Waals surface area (Å²) in [4.78, 5) is 24.0. The summed E-state index contributed by atoms with van der Waals surface area (Å²) in [6.07, 6.45) is 0. The maximum Gasteiger partial charge on any atom is 0.353 e. The second-order valence-corrected chi connectivity index (χ2v) is 4.54. The Bertz CT molecular complexity index is 898. The standard InChI is InChI=1S/C16H10FNO3/c17-11-5-7-12(8-6-11)18-14(16(20)21)9-10-3-1-2-4-13(10)15(18)19/h1-9H,(H,20,21). The number of aromatic nitrogens is 1. The summed E-state index contributed by atoms with van der Waals surface area (Å²) in [6.45, 7) is 0. The summed E-state index contributed by atoms with van der Waals surface area (Å²) >= 11 is 0. The lowest BCUT2D eigenvalue weighted by atomic mass is 10.1. The molecule has 21 heavy (non-hydrogen) atoms. The smallest absolute Gasteiger partial charge is 0.353 e. The minimum absolute atomic E-state index is 0.162. The molecule has 1 heterocycles. The van der Waals surface area contributed by atoms with Crippen LogP contribution in [-0.2, 0) is 0 Å². The van der Waals surface area contributed by atoms with E-state index in [9.17, 15) is 19.1 Å². The van der Waals surface area contributed by atoms with Gasteiger partial charge in [-0.3, -0.25) is 9.36 Å². The minimum Gasteiger partial charge on any atom is -0.477 e. The number of carbonyl (C=O) groups is 1. The number of aromatic carboxylic acids is 1. The van der Waals surface area contributed by atoms with E-state index in [0.29, 0.717) is 16.5 Å². The SMILES string of the molecule is O=C(O)c1cc2ccccc2c(=O)n1-c1ccc(F)cc1. The van der Waals surface area contributed by atoms with Crippen LogP contribution >= 0.6 is 0 Å². The van der Waals surface area contributed by atoms with Crippen molar-refractivity contribution in [2.75, 3.05) is 0 Å². The largest absolute Gasteiger partial charge is 0.477 e. The molecule has 0 unspecified atom stereocenters. The minimum atomic E-state index is -1.22. The number of hydrogen-bond donors (Lipinski definition) is 1. The van der Waals surface area contributed by atoms with Gasteiger partial charge in [0.25, 0.3) is 5.56 Å². The molecule has 0 fully saturated rings. The van der Waals surface area contributed by atoms with Crippen LogP contribution in [-0.4, -0.2) is 15.6 Å². The van der Waals surface area contributed by atoms with Crippen molar-refractivity contribution in [2.45, 2.75) is 0 Å². The van der Waals surface area contributed by atoms with E-state index in [1.165, 1.54) is 30.3 Å². The van der Waals surface area contributed by atoms with Crippen LogP contribution < -0.4 is 5.56 Å². The van der Waals surface area contributed by atoms with Crippen LogP contribution in [0.25, 0.3) is 16.5 Å². The number of rotatable bonds is 2. The van der Waals surface area contributed by atoms with E-state index in [1.54, 1.807) is 24.3 Å². The van der Waals surface area contributed by atoms with E-state index in [0.717, 1.165) is 4.57 Å². The average molecular weight is 283 g/mol. The number of fused-ring (bicyclic) bond motifs is 1. The molecule has 0 radical (unpaired) electrons. The third kappa shape index (κ3) is 2.18. The highest BCUT2D eigenvalue weighted by Crippen LogP contribution is 2.16. The normalized spacial score (nSPS) is 10.7. The highest BCUT2D eigenvalue weighted by Gasteiger charge is 2.15. The van der Waals surface area contributed by atoms with Crippen molar-refractivity contribution in [2.24, 2.45) is 0 Å². The van der Waals surface area contributed by atoms with Gasteiger partial charge in [-0.2, -0.15) is 0 Å². The summed E-state index contributed by atoms with van der Waals surface area (Å²) in [7, 11) is 0. The maximum atomic E-state index is 13.0. The molecule has 0 aliphatic rings. The summed E-state index contributed by atoms with van der Waals surface area (Å²) in [5.74, 6) is -1.67. The number of carboxylic acid groups (broad SMARTS) is 1. The molecule has 3 rings (SSSR count). The second-order valence-electron chi connectivity index (χ2n) is 4.54. The van der Waals surface area contributed by atoms with Gasteiger partial charge in [-0.1, -0.05) is 18.2 Å². The van der Waals surface area contributed by atoms with Crippen LogP contribution in [0.4, 0.5) is 4.39 Å². The van der Waals surface area contributed by atoms with E-state index in [4.69, 9.17) is 0 Å². The monoisotopic (exact) mass is 283 g/mol. The van der Waals surface area contributed by atoms with Gasteiger partial charge in [0, 0.05) is 11.1 Å². The first kappa shape index (κ1) is 13.1. The van der Waals surface area contributed by atoms with Gasteiger partial charge in [0.2, 0.25) is 0 Å². The molecule has 3 aromatic rings. The Morgan fingerprint density at radius 3 is 2.38 bits per heavy atom. The molecule has 1 N–H and O–H groups in total. The Labute approximate surface area is 118 Å². The zero-order chi connectivity index (χ0) is 15.0. The molecule has 0 bridgehead atoms. The Morgan fingerprint density at radius 2 is 1.71 bits per heavy atom. The van der Waals surface area contributed by atoms with Crippen molar-refractivity contribution >= 4 is 16.7 Å². The molecule has 0 saturated heterocycles. The number of benzene rings is 2. The molecule has 5 heteroatoms. The number of pyridine rings is 1. The fraction of sp³-hybridized carbons (Fsp3) is 0. The Kier molecular flexibility index (Phi) is 3.02. The van der Waals surface area contributed by atoms with Gasteiger partial charge in [-0.15, -0.1) is 0 Å². The van der Waals surface area contributed by atoms with Crippen molar-refractivity contribution in [1.29, 1.82) is 0 Å². The Balaban J connectivity index is 2.42. The van der Waals surface area contributed by atoms with Crippen LogP contribution in [0.1, 0.15) is 10.5 Å². The van der Waals surface area contributed by atoms with E-state index >= 15 is 0 Å². The lowest BCUT2D eigenvalue weighted by molar-refractivity contribution is 0.0687. The van der Waals surface area contributed by atoms with E-state index in [1.807, 2.05) is 0 Å². The molecule has 0 spiro atoms. The summed E-state index contributed by atoms with van der Waals surface area (Å²) in [5.41, 5.74) is -0.299. The molecule has 1 aromatic heterocycles. The fourth-order valence-corrected chi connectivity index (χ4v) is 2.26. The highest BCUT2D eigenvalue weighted by molar-refractivity contribution is 5.93. The van der Waals surface area contributed by atoms with E-state index in [-0.39, 0.29) is 5.69 Å². The molecule has 2 aromatic carbocycles.